The second-order valence-electron chi connectivity index (χ2n) is 3.94. The lowest BCUT2D eigenvalue weighted by Gasteiger charge is -2.10. The van der Waals surface area contributed by atoms with Gasteiger partial charge in [0.2, 0.25) is 0 Å². The van der Waals surface area contributed by atoms with Crippen LogP contribution >= 0.6 is 0 Å². The van der Waals surface area contributed by atoms with E-state index in [-0.39, 0.29) is 22.9 Å². The van der Waals surface area contributed by atoms with Gasteiger partial charge in [0.1, 0.15) is 0 Å². The molecule has 0 aliphatic heterocycles. The molecule has 1 aromatic rings. The highest BCUT2D eigenvalue weighted by Crippen LogP contribution is 2.29. The van der Waals surface area contributed by atoms with E-state index >= 15 is 0 Å². The molecule has 0 amide bonds. The Labute approximate surface area is 124 Å². The van der Waals surface area contributed by atoms with E-state index in [1.807, 2.05) is 4.72 Å². The number of hydrogen-bond acceptors (Lipinski definition) is 6. The fourth-order valence-electron chi connectivity index (χ4n) is 1.51. The first kappa shape index (κ1) is 17.7. The molecule has 1 rings (SSSR count). The van der Waals surface area contributed by atoms with Gasteiger partial charge >= 0.3 is 0 Å². The highest BCUT2D eigenvalue weighted by molar-refractivity contribution is 7.91. The first-order valence-corrected chi connectivity index (χ1v) is 9.02. The predicted molar refractivity (Wildman–Crippen MR) is 77.6 cm³/mol. The van der Waals surface area contributed by atoms with Gasteiger partial charge in [0.05, 0.1) is 24.9 Å². The second-order valence-corrected chi connectivity index (χ2v) is 7.75. The molecule has 2 N–H and O–H groups in total. The molecule has 0 bridgehead atoms. The molecule has 0 saturated heterocycles. The third-order valence-corrected chi connectivity index (χ3v) is 5.48. The molecule has 10 heteroatoms. The normalized spacial score (nSPS) is 12.1. The van der Waals surface area contributed by atoms with Crippen LogP contribution in [-0.4, -0.2) is 50.4 Å². The molecular formula is C11H18N2O6S2. The maximum atomic E-state index is 12.1. The highest BCUT2D eigenvalue weighted by atomic mass is 32.2. The van der Waals surface area contributed by atoms with E-state index in [1.54, 1.807) is 0 Å². The molecule has 120 valence electrons. The number of rotatable bonds is 8. The summed E-state index contributed by atoms with van der Waals surface area (Å²) in [5.41, 5.74) is 0. The quantitative estimate of drug-likeness (QED) is 0.663. The SMILES string of the molecule is CNS(=O)(=O)NCCS(=O)(=O)c1ccc(OC)c(OC)c1. The molecular weight excluding hydrogens is 320 g/mol. The lowest BCUT2D eigenvalue weighted by atomic mass is 10.3. The first-order chi connectivity index (χ1) is 9.75. The number of sulfone groups is 1. The molecule has 1 aromatic carbocycles. The van der Waals surface area contributed by atoms with Gasteiger partial charge in [0, 0.05) is 19.7 Å². The van der Waals surface area contributed by atoms with E-state index in [0.717, 1.165) is 0 Å². The van der Waals surface area contributed by atoms with Gasteiger partial charge in [0.25, 0.3) is 10.2 Å². The van der Waals surface area contributed by atoms with Crippen molar-refractivity contribution in [3.63, 3.8) is 0 Å². The van der Waals surface area contributed by atoms with Crippen LogP contribution < -0.4 is 18.9 Å². The van der Waals surface area contributed by atoms with Gasteiger partial charge in [-0.25, -0.2) is 17.9 Å². The summed E-state index contributed by atoms with van der Waals surface area (Å²) in [6.45, 7) is -0.236. The standard InChI is InChI=1S/C11H18N2O6S2/c1-12-21(16,17)13-6-7-20(14,15)9-4-5-10(18-2)11(8-9)19-3/h4-5,8,12-13H,6-7H2,1-3H3. The number of benzene rings is 1. The summed E-state index contributed by atoms with van der Waals surface area (Å²) in [5, 5.41) is 0. The van der Waals surface area contributed by atoms with E-state index in [1.165, 1.54) is 39.5 Å². The van der Waals surface area contributed by atoms with Crippen LogP contribution in [0.3, 0.4) is 0 Å². The Balaban J connectivity index is 2.88. The highest BCUT2D eigenvalue weighted by Gasteiger charge is 2.18. The number of ether oxygens (including phenoxy) is 2. The predicted octanol–water partition coefficient (Wildman–Crippen LogP) is -0.469. The van der Waals surface area contributed by atoms with Crippen molar-refractivity contribution in [3.8, 4) is 11.5 Å². The maximum absolute atomic E-state index is 12.1. The molecule has 0 aliphatic rings. The van der Waals surface area contributed by atoms with Gasteiger partial charge in [-0.1, -0.05) is 0 Å². The number of nitrogens with one attached hydrogen (secondary N) is 2. The Morgan fingerprint density at radius 1 is 1.05 bits per heavy atom. The Morgan fingerprint density at radius 2 is 1.67 bits per heavy atom. The van der Waals surface area contributed by atoms with Crippen LogP contribution in [0.1, 0.15) is 0 Å². The van der Waals surface area contributed by atoms with Crippen LogP contribution in [0.15, 0.2) is 23.1 Å². The van der Waals surface area contributed by atoms with E-state index < -0.39 is 20.0 Å². The van der Waals surface area contributed by atoms with Crippen molar-refractivity contribution in [2.75, 3.05) is 33.6 Å². The summed E-state index contributed by atoms with van der Waals surface area (Å²) in [4.78, 5) is 0.0313. The molecule has 0 heterocycles. The summed E-state index contributed by atoms with van der Waals surface area (Å²) < 4.78 is 60.8. The van der Waals surface area contributed by atoms with Crippen LogP contribution in [0.4, 0.5) is 0 Å². The second kappa shape index (κ2) is 7.07. The van der Waals surface area contributed by atoms with Crippen molar-refractivity contribution < 1.29 is 26.3 Å². The molecule has 0 saturated carbocycles. The van der Waals surface area contributed by atoms with Crippen molar-refractivity contribution >= 4 is 20.0 Å². The summed E-state index contributed by atoms with van der Waals surface area (Å²) in [5.74, 6) is 0.324. The molecule has 0 unspecified atom stereocenters. The van der Waals surface area contributed by atoms with Crippen molar-refractivity contribution in [1.29, 1.82) is 0 Å². The number of hydrogen-bond donors (Lipinski definition) is 2. The minimum absolute atomic E-state index is 0.0313. The molecule has 0 aliphatic carbocycles. The van der Waals surface area contributed by atoms with Crippen LogP contribution in [0, 0.1) is 0 Å². The molecule has 8 nitrogen and oxygen atoms in total. The Hall–Kier alpha value is -1.36. The summed E-state index contributed by atoms with van der Waals surface area (Å²) >= 11 is 0. The fraction of sp³-hybridized carbons (Fsp3) is 0.455. The largest absolute Gasteiger partial charge is 0.493 e. The Kier molecular flexibility index (Phi) is 5.96. The lowest BCUT2D eigenvalue weighted by Crippen LogP contribution is -2.36. The minimum Gasteiger partial charge on any atom is -0.493 e. The van der Waals surface area contributed by atoms with Gasteiger partial charge in [-0.15, -0.1) is 0 Å². The van der Waals surface area contributed by atoms with Crippen LogP contribution in [0.2, 0.25) is 0 Å². The van der Waals surface area contributed by atoms with E-state index in [9.17, 15) is 16.8 Å². The average molecular weight is 338 g/mol. The zero-order chi connectivity index (χ0) is 16.1. The fourth-order valence-corrected chi connectivity index (χ4v) is 3.32. The van der Waals surface area contributed by atoms with Crippen molar-refractivity contribution in [2.24, 2.45) is 0 Å². The molecule has 0 aromatic heterocycles. The molecule has 0 spiro atoms. The van der Waals surface area contributed by atoms with Crippen molar-refractivity contribution in [3.05, 3.63) is 18.2 Å². The molecule has 21 heavy (non-hydrogen) atoms. The van der Waals surface area contributed by atoms with Gasteiger partial charge in [-0.3, -0.25) is 0 Å². The van der Waals surface area contributed by atoms with Gasteiger partial charge < -0.3 is 9.47 Å². The zero-order valence-corrected chi connectivity index (χ0v) is 13.5. The smallest absolute Gasteiger partial charge is 0.276 e. The Bertz CT molecular complexity index is 685. The molecule has 0 fully saturated rings. The third-order valence-electron chi connectivity index (χ3n) is 2.65. The van der Waals surface area contributed by atoms with Crippen LogP contribution in [0.5, 0.6) is 11.5 Å². The van der Waals surface area contributed by atoms with Gasteiger partial charge in [0.15, 0.2) is 21.3 Å². The van der Waals surface area contributed by atoms with E-state index in [2.05, 4.69) is 4.72 Å². The van der Waals surface area contributed by atoms with Crippen molar-refractivity contribution in [2.45, 2.75) is 4.90 Å². The van der Waals surface area contributed by atoms with Gasteiger partial charge in [-0.05, 0) is 12.1 Å². The summed E-state index contributed by atoms with van der Waals surface area (Å²) in [6.07, 6.45) is 0. The minimum atomic E-state index is -3.66. The first-order valence-electron chi connectivity index (χ1n) is 5.88. The average Bonchev–Trinajstić information content (AvgIpc) is 2.46. The van der Waals surface area contributed by atoms with Crippen LogP contribution in [0.25, 0.3) is 0 Å². The maximum Gasteiger partial charge on any atom is 0.276 e. The summed E-state index contributed by atoms with van der Waals surface area (Å²) in [6, 6.07) is 4.19. The van der Waals surface area contributed by atoms with E-state index in [4.69, 9.17) is 9.47 Å². The zero-order valence-electron chi connectivity index (χ0n) is 11.9. The summed E-state index contributed by atoms with van der Waals surface area (Å²) in [7, 11) is -3.23. The Morgan fingerprint density at radius 3 is 2.19 bits per heavy atom. The monoisotopic (exact) mass is 338 g/mol. The lowest BCUT2D eigenvalue weighted by molar-refractivity contribution is 0.354. The van der Waals surface area contributed by atoms with Crippen molar-refractivity contribution in [1.82, 2.24) is 9.44 Å². The topological polar surface area (TPSA) is 111 Å². The van der Waals surface area contributed by atoms with Crippen LogP contribution in [-0.2, 0) is 20.0 Å². The van der Waals surface area contributed by atoms with E-state index in [0.29, 0.717) is 5.75 Å². The molecule has 0 radical (unpaired) electrons. The number of methoxy groups -OCH3 is 2. The van der Waals surface area contributed by atoms with Gasteiger partial charge in [-0.2, -0.15) is 8.42 Å². The molecule has 0 atom stereocenters. The third kappa shape index (κ3) is 4.84.